The second-order valence-electron chi connectivity index (χ2n) is 4.01. The van der Waals surface area contributed by atoms with Crippen molar-refractivity contribution in [2.45, 2.75) is 39.5 Å². The van der Waals surface area contributed by atoms with E-state index in [0.717, 1.165) is 12.8 Å². The molecule has 0 heterocycles. The summed E-state index contributed by atoms with van der Waals surface area (Å²) in [5.41, 5.74) is 1.56. The van der Waals surface area contributed by atoms with Crippen LogP contribution in [0, 0.1) is 5.41 Å². The summed E-state index contributed by atoms with van der Waals surface area (Å²) in [5, 5.41) is 0. The van der Waals surface area contributed by atoms with Crippen LogP contribution in [0.4, 0.5) is 0 Å². The molecule has 1 heteroatoms. The maximum Gasteiger partial charge on any atom is 0.130 e. The lowest BCUT2D eigenvalue weighted by Gasteiger charge is -2.11. The third-order valence-electron chi connectivity index (χ3n) is 2.26. The van der Waals surface area contributed by atoms with Gasteiger partial charge in [0, 0.05) is 6.42 Å². The Bertz CT molecular complexity index is 169. The smallest absolute Gasteiger partial charge is 0.130 e. The molecule has 1 aliphatic carbocycles. The molecule has 0 aromatic heterocycles. The molecule has 1 nitrogen and oxygen atoms in total. The molecule has 0 aromatic carbocycles. The maximum atomic E-state index is 10.9. The first kappa shape index (κ1) is 8.51. The van der Waals surface area contributed by atoms with Crippen LogP contribution in [0.5, 0.6) is 0 Å². The molecule has 0 unspecified atom stereocenters. The number of Topliss-reactive ketones (excluding diaryl/α,β-unsaturated/α-hetero) is 1. The molecule has 0 aliphatic heterocycles. The number of ketones is 1. The second-order valence-corrected chi connectivity index (χ2v) is 4.01. The minimum atomic E-state index is 0.323. The van der Waals surface area contributed by atoms with E-state index >= 15 is 0 Å². The molecule has 0 amide bonds. The van der Waals surface area contributed by atoms with Gasteiger partial charge >= 0.3 is 0 Å². The van der Waals surface area contributed by atoms with Gasteiger partial charge in [0.15, 0.2) is 0 Å². The van der Waals surface area contributed by atoms with Crippen molar-refractivity contribution in [3.8, 4) is 0 Å². The van der Waals surface area contributed by atoms with E-state index in [0.29, 0.717) is 11.2 Å². The lowest BCUT2D eigenvalue weighted by Crippen LogP contribution is -2.06. The van der Waals surface area contributed by atoms with E-state index < -0.39 is 0 Å². The van der Waals surface area contributed by atoms with Crippen molar-refractivity contribution in [1.29, 1.82) is 0 Å². The standard InChI is InChI=1S/C10H16O/c1-8(2)6-10(4-5-10)7-9(3)11/h1,4-7H2,2-3H3. The van der Waals surface area contributed by atoms with Crippen LogP contribution in [0.25, 0.3) is 0 Å². The number of carbonyl (C=O) groups excluding carboxylic acids is 1. The normalized spacial score (nSPS) is 19.5. The molecule has 62 valence electrons. The molecule has 0 saturated heterocycles. The average molecular weight is 152 g/mol. The number of hydrogen-bond donors (Lipinski definition) is 0. The Labute approximate surface area is 68.5 Å². The van der Waals surface area contributed by atoms with Gasteiger partial charge in [-0.15, -0.1) is 6.58 Å². The van der Waals surface area contributed by atoms with Gasteiger partial charge in [-0.3, -0.25) is 0 Å². The first-order valence-corrected chi connectivity index (χ1v) is 4.18. The van der Waals surface area contributed by atoms with Crippen LogP contribution in [-0.4, -0.2) is 5.78 Å². The van der Waals surface area contributed by atoms with Crippen LogP contribution < -0.4 is 0 Å². The highest BCUT2D eigenvalue weighted by molar-refractivity contribution is 5.76. The highest BCUT2D eigenvalue weighted by Gasteiger charge is 2.42. The molecule has 0 radical (unpaired) electrons. The van der Waals surface area contributed by atoms with Gasteiger partial charge in [-0.25, -0.2) is 0 Å². The molecular formula is C10H16O. The number of hydrogen-bond acceptors (Lipinski definition) is 1. The fourth-order valence-electron chi connectivity index (χ4n) is 1.76. The zero-order valence-electron chi connectivity index (χ0n) is 7.44. The molecule has 1 rings (SSSR count). The molecule has 1 saturated carbocycles. The van der Waals surface area contributed by atoms with Crippen molar-refractivity contribution >= 4 is 5.78 Å². The average Bonchev–Trinajstić information content (AvgIpc) is 2.43. The number of carbonyl (C=O) groups is 1. The van der Waals surface area contributed by atoms with Crippen molar-refractivity contribution in [2.75, 3.05) is 0 Å². The third-order valence-corrected chi connectivity index (χ3v) is 2.26. The largest absolute Gasteiger partial charge is 0.300 e. The quantitative estimate of drug-likeness (QED) is 0.566. The predicted octanol–water partition coefficient (Wildman–Crippen LogP) is 2.71. The minimum absolute atomic E-state index is 0.323. The second kappa shape index (κ2) is 2.80. The van der Waals surface area contributed by atoms with Crippen LogP contribution in [0.3, 0.4) is 0 Å². The molecule has 0 atom stereocenters. The van der Waals surface area contributed by atoms with E-state index in [2.05, 4.69) is 6.58 Å². The fourth-order valence-corrected chi connectivity index (χ4v) is 1.76. The molecule has 0 spiro atoms. The zero-order chi connectivity index (χ0) is 8.48. The third kappa shape index (κ3) is 2.49. The van der Waals surface area contributed by atoms with E-state index in [1.165, 1.54) is 18.4 Å². The van der Waals surface area contributed by atoms with Gasteiger partial charge in [0.25, 0.3) is 0 Å². The van der Waals surface area contributed by atoms with Crippen molar-refractivity contribution in [3.63, 3.8) is 0 Å². The summed E-state index contributed by atoms with van der Waals surface area (Å²) in [5.74, 6) is 0.323. The molecule has 1 fully saturated rings. The van der Waals surface area contributed by atoms with E-state index in [1.54, 1.807) is 6.92 Å². The lowest BCUT2D eigenvalue weighted by atomic mass is 9.93. The predicted molar refractivity (Wildman–Crippen MR) is 46.4 cm³/mol. The Hall–Kier alpha value is -0.590. The summed E-state index contributed by atoms with van der Waals surface area (Å²) in [6.07, 6.45) is 4.26. The lowest BCUT2D eigenvalue weighted by molar-refractivity contribution is -0.118. The number of rotatable bonds is 4. The summed E-state index contributed by atoms with van der Waals surface area (Å²) in [4.78, 5) is 10.9. The Kier molecular flexibility index (Phi) is 2.17. The molecule has 1 aliphatic rings. The van der Waals surface area contributed by atoms with Crippen LogP contribution in [0.15, 0.2) is 12.2 Å². The van der Waals surface area contributed by atoms with E-state index in [9.17, 15) is 4.79 Å². The van der Waals surface area contributed by atoms with Gasteiger partial charge in [0.2, 0.25) is 0 Å². The van der Waals surface area contributed by atoms with E-state index in [-0.39, 0.29) is 0 Å². The van der Waals surface area contributed by atoms with Gasteiger partial charge in [0.05, 0.1) is 0 Å². The Morgan fingerprint density at radius 1 is 1.36 bits per heavy atom. The molecule has 0 aromatic rings. The maximum absolute atomic E-state index is 10.9. The van der Waals surface area contributed by atoms with Gasteiger partial charge in [0.1, 0.15) is 5.78 Å². The first-order chi connectivity index (χ1) is 5.04. The monoisotopic (exact) mass is 152 g/mol. The summed E-state index contributed by atoms with van der Waals surface area (Å²) < 4.78 is 0. The van der Waals surface area contributed by atoms with Crippen LogP contribution >= 0.6 is 0 Å². The SMILES string of the molecule is C=C(C)CC1(CC(C)=O)CC1. The van der Waals surface area contributed by atoms with Crippen LogP contribution in [0.1, 0.15) is 39.5 Å². The molecule has 0 N–H and O–H groups in total. The summed E-state index contributed by atoms with van der Waals surface area (Å²) >= 11 is 0. The summed E-state index contributed by atoms with van der Waals surface area (Å²) in [6.45, 7) is 7.60. The van der Waals surface area contributed by atoms with E-state index in [1.807, 2.05) is 6.92 Å². The van der Waals surface area contributed by atoms with Gasteiger partial charge in [-0.2, -0.15) is 0 Å². The van der Waals surface area contributed by atoms with Gasteiger partial charge in [-0.1, -0.05) is 5.57 Å². The Morgan fingerprint density at radius 2 is 1.91 bits per heavy atom. The van der Waals surface area contributed by atoms with Crippen molar-refractivity contribution < 1.29 is 4.79 Å². The fraction of sp³-hybridized carbons (Fsp3) is 0.700. The van der Waals surface area contributed by atoms with Crippen molar-refractivity contribution in [3.05, 3.63) is 12.2 Å². The van der Waals surface area contributed by atoms with E-state index in [4.69, 9.17) is 0 Å². The Morgan fingerprint density at radius 3 is 2.18 bits per heavy atom. The highest BCUT2D eigenvalue weighted by Crippen LogP contribution is 2.53. The van der Waals surface area contributed by atoms with Crippen molar-refractivity contribution in [2.24, 2.45) is 5.41 Å². The van der Waals surface area contributed by atoms with Crippen LogP contribution in [0.2, 0.25) is 0 Å². The highest BCUT2D eigenvalue weighted by atomic mass is 16.1. The first-order valence-electron chi connectivity index (χ1n) is 4.18. The summed E-state index contributed by atoms with van der Waals surface area (Å²) in [6, 6.07) is 0. The van der Waals surface area contributed by atoms with Gasteiger partial charge in [-0.05, 0) is 38.5 Å². The minimum Gasteiger partial charge on any atom is -0.300 e. The van der Waals surface area contributed by atoms with Crippen LogP contribution in [-0.2, 0) is 4.79 Å². The molecule has 0 bridgehead atoms. The molecular weight excluding hydrogens is 136 g/mol. The van der Waals surface area contributed by atoms with Crippen molar-refractivity contribution in [1.82, 2.24) is 0 Å². The van der Waals surface area contributed by atoms with Gasteiger partial charge < -0.3 is 4.79 Å². The zero-order valence-corrected chi connectivity index (χ0v) is 7.44. The topological polar surface area (TPSA) is 17.1 Å². The summed E-state index contributed by atoms with van der Waals surface area (Å²) in [7, 11) is 0. The number of allylic oxidation sites excluding steroid dienone is 1. The Balaban J connectivity index is 2.41. The molecule has 11 heavy (non-hydrogen) atoms.